The molecule has 3 rings (SSSR count). The number of para-hydroxylation sites is 2. The summed E-state index contributed by atoms with van der Waals surface area (Å²) < 4.78 is 2.04. The van der Waals surface area contributed by atoms with Crippen LogP contribution in [0.25, 0.3) is 11.0 Å². The van der Waals surface area contributed by atoms with Crippen LogP contribution in [0.3, 0.4) is 0 Å². The van der Waals surface area contributed by atoms with Crippen molar-refractivity contribution in [3.05, 3.63) is 59.7 Å². The molecule has 1 atom stereocenters. The highest BCUT2D eigenvalue weighted by Gasteiger charge is 2.12. The zero-order chi connectivity index (χ0) is 16.2. The van der Waals surface area contributed by atoms with Crippen LogP contribution in [0.4, 0.5) is 5.95 Å². The number of nitrogens with one attached hydrogen (secondary N) is 1. The quantitative estimate of drug-likeness (QED) is 0.760. The first-order chi connectivity index (χ1) is 11.2. The number of hydrogen-bond donors (Lipinski definition) is 2. The summed E-state index contributed by atoms with van der Waals surface area (Å²) in [5, 5.41) is 22.0. The Kier molecular flexibility index (Phi) is 4.26. The number of anilines is 1. The number of fused-ring (bicyclic) bond motifs is 1. The number of imidazole rings is 1. The fraction of sp³-hybridized carbons (Fsp3) is 0.222. The van der Waals surface area contributed by atoms with Gasteiger partial charge >= 0.3 is 0 Å². The summed E-state index contributed by atoms with van der Waals surface area (Å²) in [4.78, 5) is 4.59. The molecule has 0 spiro atoms. The molecule has 0 bridgehead atoms. The lowest BCUT2D eigenvalue weighted by Crippen LogP contribution is -2.18. The number of nitriles is 1. The van der Waals surface area contributed by atoms with Gasteiger partial charge in [-0.05, 0) is 30.7 Å². The first-order valence-electron chi connectivity index (χ1n) is 7.54. The molecule has 23 heavy (non-hydrogen) atoms. The van der Waals surface area contributed by atoms with Gasteiger partial charge in [0.15, 0.2) is 0 Å². The average Bonchev–Trinajstić information content (AvgIpc) is 2.91. The predicted molar refractivity (Wildman–Crippen MR) is 90.2 cm³/mol. The molecule has 1 heterocycles. The Labute approximate surface area is 134 Å². The highest BCUT2D eigenvalue weighted by atomic mass is 16.3. The van der Waals surface area contributed by atoms with Crippen molar-refractivity contribution in [2.45, 2.75) is 19.6 Å². The van der Waals surface area contributed by atoms with Crippen molar-refractivity contribution < 1.29 is 5.11 Å². The maximum Gasteiger partial charge on any atom is 0.204 e. The third-order valence-electron chi connectivity index (χ3n) is 3.68. The summed E-state index contributed by atoms with van der Waals surface area (Å²) in [7, 11) is 0. The number of aromatic nitrogens is 2. The molecule has 0 aliphatic rings. The molecule has 2 N–H and O–H groups in total. The van der Waals surface area contributed by atoms with E-state index >= 15 is 0 Å². The molecule has 1 unspecified atom stereocenters. The van der Waals surface area contributed by atoms with Gasteiger partial charge in [-0.1, -0.05) is 30.3 Å². The zero-order valence-corrected chi connectivity index (χ0v) is 12.9. The lowest BCUT2D eigenvalue weighted by Gasteiger charge is -2.12. The van der Waals surface area contributed by atoms with Crippen molar-refractivity contribution in [3.8, 4) is 6.07 Å². The summed E-state index contributed by atoms with van der Waals surface area (Å²) >= 11 is 0. The van der Waals surface area contributed by atoms with Crippen LogP contribution in [0.15, 0.2) is 48.5 Å². The highest BCUT2D eigenvalue weighted by molar-refractivity contribution is 5.78. The molecular weight excluding hydrogens is 288 g/mol. The van der Waals surface area contributed by atoms with Crippen molar-refractivity contribution in [2.75, 3.05) is 11.9 Å². The molecule has 116 valence electrons. The molecule has 0 amide bonds. The Morgan fingerprint density at radius 2 is 1.96 bits per heavy atom. The van der Waals surface area contributed by atoms with Crippen LogP contribution in [0.5, 0.6) is 0 Å². The second kappa shape index (κ2) is 6.51. The first kappa shape index (κ1) is 15.1. The molecule has 0 saturated heterocycles. The van der Waals surface area contributed by atoms with E-state index in [0.29, 0.717) is 24.6 Å². The molecule has 0 fully saturated rings. The minimum Gasteiger partial charge on any atom is -0.392 e. The Morgan fingerprint density at radius 1 is 1.22 bits per heavy atom. The fourth-order valence-electron chi connectivity index (χ4n) is 2.55. The lowest BCUT2D eigenvalue weighted by molar-refractivity contribution is 0.208. The molecule has 0 aliphatic heterocycles. The van der Waals surface area contributed by atoms with E-state index in [1.807, 2.05) is 53.1 Å². The second-order valence-electron chi connectivity index (χ2n) is 5.51. The molecule has 5 nitrogen and oxygen atoms in total. The zero-order valence-electron chi connectivity index (χ0n) is 12.9. The van der Waals surface area contributed by atoms with Crippen LogP contribution in [-0.4, -0.2) is 27.3 Å². The van der Waals surface area contributed by atoms with Crippen molar-refractivity contribution in [2.24, 2.45) is 0 Å². The number of benzene rings is 2. The molecule has 0 aliphatic carbocycles. The second-order valence-corrected chi connectivity index (χ2v) is 5.51. The smallest absolute Gasteiger partial charge is 0.204 e. The van der Waals surface area contributed by atoms with E-state index in [1.165, 1.54) is 0 Å². The van der Waals surface area contributed by atoms with Gasteiger partial charge in [-0.3, -0.25) is 0 Å². The van der Waals surface area contributed by atoms with Crippen molar-refractivity contribution >= 4 is 17.0 Å². The van der Waals surface area contributed by atoms with Crippen molar-refractivity contribution in [1.82, 2.24) is 9.55 Å². The topological polar surface area (TPSA) is 73.9 Å². The average molecular weight is 306 g/mol. The van der Waals surface area contributed by atoms with Crippen LogP contribution in [0.1, 0.15) is 18.1 Å². The number of nitrogens with zero attached hydrogens (tertiary/aromatic N) is 3. The van der Waals surface area contributed by atoms with Gasteiger partial charge < -0.3 is 15.0 Å². The fourth-order valence-corrected chi connectivity index (χ4v) is 2.55. The minimum absolute atomic E-state index is 0.420. The molecule has 1 aromatic heterocycles. The molecule has 3 aromatic rings. The van der Waals surface area contributed by atoms with Crippen LogP contribution in [0.2, 0.25) is 0 Å². The van der Waals surface area contributed by atoms with Gasteiger partial charge in [0, 0.05) is 6.54 Å². The minimum atomic E-state index is -0.463. The first-order valence-corrected chi connectivity index (χ1v) is 7.54. The Bertz CT molecular complexity index is 861. The highest BCUT2D eigenvalue weighted by Crippen LogP contribution is 2.22. The van der Waals surface area contributed by atoms with E-state index in [9.17, 15) is 10.4 Å². The monoisotopic (exact) mass is 306 g/mol. The van der Waals surface area contributed by atoms with E-state index < -0.39 is 6.10 Å². The van der Waals surface area contributed by atoms with Crippen LogP contribution in [0, 0.1) is 11.3 Å². The van der Waals surface area contributed by atoms with Crippen LogP contribution < -0.4 is 5.32 Å². The van der Waals surface area contributed by atoms with Crippen molar-refractivity contribution in [3.63, 3.8) is 0 Å². The van der Waals surface area contributed by atoms with Gasteiger partial charge in [-0.2, -0.15) is 5.26 Å². The molecule has 5 heteroatoms. The van der Waals surface area contributed by atoms with Gasteiger partial charge in [0.05, 0.1) is 35.3 Å². The Hall–Kier alpha value is -2.84. The molecule has 0 radical (unpaired) electrons. The Morgan fingerprint density at radius 3 is 2.74 bits per heavy atom. The summed E-state index contributed by atoms with van der Waals surface area (Å²) in [5.74, 6) is 0.694. The van der Waals surface area contributed by atoms with Crippen LogP contribution >= 0.6 is 0 Å². The normalized spacial score (nSPS) is 12.0. The standard InChI is InChI=1S/C18H18N4O/c1-13(23)11-20-18-21-16-8-4-5-9-17(16)22(18)12-15-7-3-2-6-14(15)10-19/h2-9,13,23H,11-12H2,1H3,(H,20,21). The predicted octanol–water partition coefficient (Wildman–Crippen LogP) is 2.75. The van der Waals surface area contributed by atoms with E-state index in [1.54, 1.807) is 6.92 Å². The van der Waals surface area contributed by atoms with E-state index in [2.05, 4.69) is 16.4 Å². The summed E-state index contributed by atoms with van der Waals surface area (Å²) in [6, 6.07) is 17.7. The maximum atomic E-state index is 9.51. The van der Waals surface area contributed by atoms with E-state index in [0.717, 1.165) is 16.6 Å². The SMILES string of the molecule is CC(O)CNc1nc2ccccc2n1Cc1ccccc1C#N. The third kappa shape index (κ3) is 3.17. The van der Waals surface area contributed by atoms with Gasteiger partial charge in [-0.25, -0.2) is 4.98 Å². The van der Waals surface area contributed by atoms with Crippen LogP contribution in [-0.2, 0) is 6.54 Å². The van der Waals surface area contributed by atoms with Crippen molar-refractivity contribution in [1.29, 1.82) is 5.26 Å². The molecular formula is C18H18N4O. The summed E-state index contributed by atoms with van der Waals surface area (Å²) in [5.41, 5.74) is 3.48. The largest absolute Gasteiger partial charge is 0.392 e. The number of hydrogen-bond acceptors (Lipinski definition) is 4. The van der Waals surface area contributed by atoms with E-state index in [4.69, 9.17) is 0 Å². The van der Waals surface area contributed by atoms with Gasteiger partial charge in [0.2, 0.25) is 5.95 Å². The third-order valence-corrected chi connectivity index (χ3v) is 3.68. The summed E-state index contributed by atoms with van der Waals surface area (Å²) in [6.45, 7) is 2.70. The van der Waals surface area contributed by atoms with Gasteiger partial charge in [0.1, 0.15) is 0 Å². The van der Waals surface area contributed by atoms with Gasteiger partial charge in [0.25, 0.3) is 0 Å². The molecule has 0 saturated carbocycles. The van der Waals surface area contributed by atoms with Gasteiger partial charge in [-0.15, -0.1) is 0 Å². The summed E-state index contributed by atoms with van der Waals surface area (Å²) in [6.07, 6.45) is -0.463. The Balaban J connectivity index is 2.04. The van der Waals surface area contributed by atoms with E-state index in [-0.39, 0.29) is 0 Å². The number of aliphatic hydroxyl groups is 1. The lowest BCUT2D eigenvalue weighted by atomic mass is 10.1. The maximum absolute atomic E-state index is 9.51. The number of aliphatic hydroxyl groups excluding tert-OH is 1. The number of rotatable bonds is 5. The molecule has 2 aromatic carbocycles.